The second-order valence-corrected chi connectivity index (χ2v) is 6.05. The van der Waals surface area contributed by atoms with Gasteiger partial charge in [-0.25, -0.2) is 4.79 Å². The average molecular weight is 395 g/mol. The third kappa shape index (κ3) is 6.49. The minimum absolute atomic E-state index is 0.129. The Morgan fingerprint density at radius 2 is 1.75 bits per heavy atom. The molecule has 1 atom stereocenters. The largest absolute Gasteiger partial charge is 0.573 e. The number of ether oxygens (including phenoxy) is 1. The summed E-state index contributed by atoms with van der Waals surface area (Å²) in [6.07, 6.45) is -4.96. The van der Waals surface area contributed by atoms with Crippen LogP contribution < -0.4 is 21.1 Å². The summed E-state index contributed by atoms with van der Waals surface area (Å²) in [5.41, 5.74) is 6.94. The predicted molar refractivity (Wildman–Crippen MR) is 96.2 cm³/mol. The van der Waals surface area contributed by atoms with Crippen molar-refractivity contribution in [2.75, 3.05) is 0 Å². The number of primary amides is 1. The zero-order chi connectivity index (χ0) is 20.7. The van der Waals surface area contributed by atoms with Crippen LogP contribution in [0, 0.1) is 6.92 Å². The zero-order valence-corrected chi connectivity index (χ0v) is 15.0. The Hall–Kier alpha value is -3.23. The molecule has 1 unspecified atom stereocenters. The molecule has 3 amide bonds. The summed E-state index contributed by atoms with van der Waals surface area (Å²) in [6.45, 7) is 1.66. The fourth-order valence-electron chi connectivity index (χ4n) is 2.71. The number of para-hydroxylation sites is 1. The number of hydrogen-bond acceptors (Lipinski definition) is 3. The predicted octanol–water partition coefficient (Wildman–Crippen LogP) is 3.31. The molecule has 2 rings (SSSR count). The van der Waals surface area contributed by atoms with E-state index in [0.29, 0.717) is 0 Å². The number of halogens is 3. The van der Waals surface area contributed by atoms with Crippen molar-refractivity contribution in [1.82, 2.24) is 10.6 Å². The lowest BCUT2D eigenvalue weighted by atomic mass is 9.98. The Morgan fingerprint density at radius 3 is 2.39 bits per heavy atom. The van der Waals surface area contributed by atoms with Gasteiger partial charge in [-0.1, -0.05) is 42.5 Å². The van der Waals surface area contributed by atoms with E-state index in [-0.39, 0.29) is 24.3 Å². The van der Waals surface area contributed by atoms with Crippen LogP contribution in [-0.2, 0) is 11.3 Å². The van der Waals surface area contributed by atoms with Crippen LogP contribution in [0.4, 0.5) is 18.0 Å². The first-order valence-electron chi connectivity index (χ1n) is 8.37. The van der Waals surface area contributed by atoms with Crippen LogP contribution in [0.5, 0.6) is 5.75 Å². The SMILES string of the molecule is Cc1ccccc1C(CC(=O)NCc1ccccc1OC(F)(F)F)NC(N)=O. The minimum atomic E-state index is -4.83. The zero-order valence-electron chi connectivity index (χ0n) is 15.0. The lowest BCUT2D eigenvalue weighted by Crippen LogP contribution is -2.37. The summed E-state index contributed by atoms with van der Waals surface area (Å²) in [6, 6.07) is 11.2. The molecule has 0 saturated carbocycles. The van der Waals surface area contributed by atoms with Gasteiger partial charge in [0, 0.05) is 12.1 Å². The van der Waals surface area contributed by atoms with Crippen LogP contribution >= 0.6 is 0 Å². The summed E-state index contributed by atoms with van der Waals surface area (Å²) < 4.78 is 41.4. The molecule has 0 saturated heterocycles. The first-order chi connectivity index (χ1) is 13.2. The van der Waals surface area contributed by atoms with Crippen molar-refractivity contribution in [2.24, 2.45) is 5.73 Å². The van der Waals surface area contributed by atoms with Crippen LogP contribution in [-0.4, -0.2) is 18.3 Å². The molecule has 0 spiro atoms. The molecule has 0 heterocycles. The molecule has 0 bridgehead atoms. The van der Waals surface area contributed by atoms with Crippen molar-refractivity contribution < 1.29 is 27.5 Å². The van der Waals surface area contributed by atoms with Gasteiger partial charge < -0.3 is 21.1 Å². The van der Waals surface area contributed by atoms with E-state index >= 15 is 0 Å². The van der Waals surface area contributed by atoms with E-state index in [4.69, 9.17) is 5.73 Å². The Kier molecular flexibility index (Phi) is 6.86. The van der Waals surface area contributed by atoms with E-state index in [0.717, 1.165) is 11.1 Å². The van der Waals surface area contributed by atoms with E-state index in [1.807, 2.05) is 19.1 Å². The van der Waals surface area contributed by atoms with Gasteiger partial charge in [0.15, 0.2) is 0 Å². The van der Waals surface area contributed by atoms with Gasteiger partial charge in [0.25, 0.3) is 0 Å². The maximum Gasteiger partial charge on any atom is 0.573 e. The number of nitrogens with two attached hydrogens (primary N) is 1. The highest BCUT2D eigenvalue weighted by molar-refractivity contribution is 5.79. The van der Waals surface area contributed by atoms with Crippen LogP contribution in [0.2, 0.25) is 0 Å². The van der Waals surface area contributed by atoms with Gasteiger partial charge in [0.05, 0.1) is 12.5 Å². The number of rotatable bonds is 7. The van der Waals surface area contributed by atoms with Gasteiger partial charge in [-0.3, -0.25) is 4.79 Å². The van der Waals surface area contributed by atoms with Gasteiger partial charge in [-0.2, -0.15) is 0 Å². The van der Waals surface area contributed by atoms with E-state index in [1.54, 1.807) is 12.1 Å². The lowest BCUT2D eigenvalue weighted by molar-refractivity contribution is -0.274. The Balaban J connectivity index is 2.06. The average Bonchev–Trinajstić information content (AvgIpc) is 2.59. The molecule has 6 nitrogen and oxygen atoms in total. The van der Waals surface area contributed by atoms with Gasteiger partial charge >= 0.3 is 12.4 Å². The normalized spacial score (nSPS) is 12.1. The fraction of sp³-hybridized carbons (Fsp3) is 0.263. The molecule has 0 fully saturated rings. The third-order valence-corrected chi connectivity index (χ3v) is 3.94. The van der Waals surface area contributed by atoms with Gasteiger partial charge in [0.2, 0.25) is 5.91 Å². The van der Waals surface area contributed by atoms with E-state index in [9.17, 15) is 22.8 Å². The van der Waals surface area contributed by atoms with Crippen LogP contribution in [0.25, 0.3) is 0 Å². The monoisotopic (exact) mass is 395 g/mol. The molecule has 0 aliphatic heterocycles. The number of carbonyl (C=O) groups excluding carboxylic acids is 2. The first-order valence-corrected chi connectivity index (χ1v) is 8.37. The summed E-state index contributed by atoms with van der Waals surface area (Å²) in [4.78, 5) is 23.6. The maximum absolute atomic E-state index is 12.5. The second-order valence-electron chi connectivity index (χ2n) is 6.05. The van der Waals surface area contributed by atoms with Gasteiger partial charge in [0.1, 0.15) is 5.75 Å². The van der Waals surface area contributed by atoms with Gasteiger partial charge in [-0.15, -0.1) is 13.2 Å². The number of aryl methyl sites for hydroxylation is 1. The van der Waals surface area contributed by atoms with E-state index in [1.165, 1.54) is 24.3 Å². The number of amides is 3. The maximum atomic E-state index is 12.5. The third-order valence-electron chi connectivity index (χ3n) is 3.94. The van der Waals surface area contributed by atoms with Crippen LogP contribution in [0.1, 0.15) is 29.2 Å². The number of benzene rings is 2. The number of hydrogen-bond donors (Lipinski definition) is 3. The molecule has 0 aliphatic carbocycles. The Labute approximate surface area is 159 Å². The topological polar surface area (TPSA) is 93.4 Å². The summed E-state index contributed by atoms with van der Waals surface area (Å²) in [5.74, 6) is -0.857. The highest BCUT2D eigenvalue weighted by Crippen LogP contribution is 2.26. The van der Waals surface area contributed by atoms with E-state index in [2.05, 4.69) is 15.4 Å². The summed E-state index contributed by atoms with van der Waals surface area (Å²) in [7, 11) is 0. The Bertz CT molecular complexity index is 840. The minimum Gasteiger partial charge on any atom is -0.405 e. The molecule has 0 aromatic heterocycles. The summed E-state index contributed by atoms with van der Waals surface area (Å²) >= 11 is 0. The van der Waals surface area contributed by atoms with Gasteiger partial charge in [-0.05, 0) is 24.1 Å². The quantitative estimate of drug-likeness (QED) is 0.671. The highest BCUT2D eigenvalue weighted by Gasteiger charge is 2.32. The van der Waals surface area contributed by atoms with Crippen molar-refractivity contribution in [2.45, 2.75) is 32.3 Å². The van der Waals surface area contributed by atoms with Crippen LogP contribution in [0.15, 0.2) is 48.5 Å². The number of nitrogens with one attached hydrogen (secondary N) is 2. The standard InChI is InChI=1S/C19H20F3N3O3/c1-12-6-2-4-8-14(12)15(25-18(23)27)10-17(26)24-11-13-7-3-5-9-16(13)28-19(20,21)22/h2-9,15H,10-11H2,1H3,(H,24,26)(H3,23,25,27). The van der Waals surface area contributed by atoms with Crippen molar-refractivity contribution in [3.05, 3.63) is 65.2 Å². The molecule has 2 aromatic carbocycles. The number of carbonyl (C=O) groups is 2. The molecule has 0 radical (unpaired) electrons. The van der Waals surface area contributed by atoms with Crippen molar-refractivity contribution in [3.63, 3.8) is 0 Å². The molecular formula is C19H20F3N3O3. The van der Waals surface area contributed by atoms with Crippen molar-refractivity contribution >= 4 is 11.9 Å². The molecule has 150 valence electrons. The first kappa shape index (κ1) is 21.1. The highest BCUT2D eigenvalue weighted by atomic mass is 19.4. The molecule has 9 heteroatoms. The molecule has 0 aliphatic rings. The smallest absolute Gasteiger partial charge is 0.405 e. The lowest BCUT2D eigenvalue weighted by Gasteiger charge is -2.20. The van der Waals surface area contributed by atoms with E-state index < -0.39 is 24.3 Å². The summed E-state index contributed by atoms with van der Waals surface area (Å²) in [5, 5.41) is 5.05. The molecule has 2 aromatic rings. The second kappa shape index (κ2) is 9.12. The van der Waals surface area contributed by atoms with Crippen molar-refractivity contribution in [3.8, 4) is 5.75 Å². The number of alkyl halides is 3. The van der Waals surface area contributed by atoms with Crippen LogP contribution in [0.3, 0.4) is 0 Å². The molecular weight excluding hydrogens is 375 g/mol. The Morgan fingerprint density at radius 1 is 1.11 bits per heavy atom. The van der Waals surface area contributed by atoms with Crippen molar-refractivity contribution in [1.29, 1.82) is 0 Å². The number of urea groups is 1. The fourth-order valence-corrected chi connectivity index (χ4v) is 2.71. The molecule has 28 heavy (non-hydrogen) atoms. The molecule has 4 N–H and O–H groups in total.